The molecule has 1 atom stereocenters. The molecule has 0 saturated heterocycles. The summed E-state index contributed by atoms with van der Waals surface area (Å²) in [6.07, 6.45) is 22.2. The molecular weight excluding hydrogens is 446 g/mol. The Hall–Kier alpha value is 1.16. The lowest BCUT2D eigenvalue weighted by Crippen LogP contribution is -2.65. The second kappa shape index (κ2) is 6.33. The van der Waals surface area contributed by atoms with E-state index in [0.29, 0.717) is 16.0 Å². The predicted octanol–water partition coefficient (Wildman–Crippen LogP) is 7.45. The normalized spacial score (nSPS) is 55.6. The molecule has 8 fully saturated rings. The first-order chi connectivity index (χ1) is 12.0. The van der Waals surface area contributed by atoms with E-state index in [2.05, 4.69) is 16.2 Å². The molecule has 8 rings (SSSR count). The largest absolute Gasteiger partial charge is 0.130 e. The zero-order chi connectivity index (χ0) is 16.9. The highest BCUT2D eigenvalue weighted by molar-refractivity contribution is 14.0. The van der Waals surface area contributed by atoms with E-state index in [-0.39, 0.29) is 24.0 Å². The Morgan fingerprint density at radius 2 is 0.923 bits per heavy atom. The molecule has 0 aromatic rings. The molecule has 0 nitrogen and oxygen atoms in total. The second-order valence-corrected chi connectivity index (χ2v) is 13.1. The van der Waals surface area contributed by atoms with E-state index >= 15 is 0 Å². The van der Waals surface area contributed by atoms with E-state index in [9.17, 15) is 0 Å². The molecule has 0 amide bonds. The summed E-state index contributed by atoms with van der Waals surface area (Å²) in [4.78, 5) is 0. The van der Waals surface area contributed by atoms with E-state index < -0.39 is 0 Å². The van der Waals surface area contributed by atoms with Gasteiger partial charge in [0.25, 0.3) is 0 Å². The third-order valence-electron chi connectivity index (χ3n) is 10.6. The van der Waals surface area contributed by atoms with Crippen LogP contribution in [-0.2, 0) is 0 Å². The molecule has 0 heterocycles. The van der Waals surface area contributed by atoms with Gasteiger partial charge in [-0.25, -0.2) is 0 Å². The first kappa shape index (κ1) is 19.1. The first-order valence-electron chi connectivity index (χ1n) is 11.8. The van der Waals surface area contributed by atoms with Crippen LogP contribution in [0.15, 0.2) is 0 Å². The molecule has 0 aromatic carbocycles. The summed E-state index contributed by atoms with van der Waals surface area (Å²) in [5, 5.41) is 0.584. The van der Waals surface area contributed by atoms with Gasteiger partial charge in [0.15, 0.2) is 0 Å². The van der Waals surface area contributed by atoms with Gasteiger partial charge in [-0.15, -0.1) is 33.2 Å². The predicted molar refractivity (Wildman–Crippen MR) is 124 cm³/mol. The van der Waals surface area contributed by atoms with Gasteiger partial charge < -0.3 is 0 Å². The lowest BCUT2D eigenvalue weighted by atomic mass is 9.37. The van der Waals surface area contributed by atoms with Gasteiger partial charge in [-0.2, -0.15) is 0 Å². The minimum atomic E-state index is 0. The Morgan fingerprint density at radius 1 is 0.654 bits per heavy atom. The van der Waals surface area contributed by atoms with Crippen LogP contribution >= 0.6 is 33.2 Å². The van der Waals surface area contributed by atoms with Gasteiger partial charge >= 0.3 is 0 Å². The molecule has 1 unspecified atom stereocenters. The molecule has 0 radical (unpaired) electrons. The number of rotatable bonds is 4. The lowest BCUT2D eigenvalue weighted by molar-refractivity contribution is -0.157. The van der Waals surface area contributed by atoms with Crippen LogP contribution in [-0.4, -0.2) is 5.16 Å². The van der Waals surface area contributed by atoms with Gasteiger partial charge in [-0.3, -0.25) is 0 Å². The maximum Gasteiger partial charge on any atom is -0.00373 e. The molecule has 8 aliphatic carbocycles. The van der Waals surface area contributed by atoms with Crippen molar-refractivity contribution in [1.82, 2.24) is 0 Å². The fourth-order valence-corrected chi connectivity index (χ4v) is 11.8. The van der Waals surface area contributed by atoms with Crippen LogP contribution in [0, 0.1) is 46.3 Å². The molecule has 0 N–H and O–H groups in total. The summed E-state index contributed by atoms with van der Waals surface area (Å²) in [7, 11) is 3.69. The van der Waals surface area contributed by atoms with Gasteiger partial charge in [0.05, 0.1) is 0 Å². The third kappa shape index (κ3) is 2.47. The van der Waals surface area contributed by atoms with Gasteiger partial charge in [0, 0.05) is 0 Å². The van der Waals surface area contributed by atoms with E-state index in [0.717, 1.165) is 35.5 Å². The van der Waals surface area contributed by atoms with Crippen molar-refractivity contribution < 1.29 is 0 Å². The molecule has 8 saturated carbocycles. The van der Waals surface area contributed by atoms with E-state index in [4.69, 9.17) is 0 Å². The van der Waals surface area contributed by atoms with E-state index in [1.807, 2.05) is 0 Å². The Bertz CT molecular complexity index is 452. The molecule has 8 aliphatic rings. The van der Waals surface area contributed by atoms with Crippen molar-refractivity contribution in [3.05, 3.63) is 0 Å². The molecule has 8 bridgehead atoms. The topological polar surface area (TPSA) is 0 Å². The zero-order valence-electron chi connectivity index (χ0n) is 16.8. The average Bonchev–Trinajstić information content (AvgIpc) is 2.52. The summed E-state index contributed by atoms with van der Waals surface area (Å²) in [6, 6.07) is 0. The van der Waals surface area contributed by atoms with Gasteiger partial charge in [-0.1, -0.05) is 13.3 Å². The summed E-state index contributed by atoms with van der Waals surface area (Å²) >= 11 is 0. The van der Waals surface area contributed by atoms with E-state index in [1.54, 1.807) is 77.0 Å². The van der Waals surface area contributed by atoms with Crippen LogP contribution in [0.1, 0.15) is 96.8 Å². The fraction of sp³-hybridized carbons (Fsp3) is 1.00. The highest BCUT2D eigenvalue weighted by Gasteiger charge is 2.67. The molecular formula is C24H40IP. The molecule has 2 heteroatoms. The van der Waals surface area contributed by atoms with Crippen LogP contribution in [0.5, 0.6) is 0 Å². The minimum absolute atomic E-state index is 0. The van der Waals surface area contributed by atoms with Crippen molar-refractivity contribution in [2.45, 2.75) is 102 Å². The van der Waals surface area contributed by atoms with Crippen molar-refractivity contribution in [2.24, 2.45) is 46.3 Å². The van der Waals surface area contributed by atoms with Crippen LogP contribution in [0.3, 0.4) is 0 Å². The van der Waals surface area contributed by atoms with Crippen LogP contribution in [0.25, 0.3) is 0 Å². The Labute approximate surface area is 181 Å². The molecule has 0 spiro atoms. The molecule has 148 valence electrons. The maximum atomic E-state index is 3.69. The monoisotopic (exact) mass is 486 g/mol. The molecule has 0 aliphatic heterocycles. The Morgan fingerprint density at radius 3 is 1.15 bits per heavy atom. The maximum absolute atomic E-state index is 3.69. The fourth-order valence-electron chi connectivity index (χ4n) is 10.8. The van der Waals surface area contributed by atoms with Gasteiger partial charge in [0.2, 0.25) is 0 Å². The van der Waals surface area contributed by atoms with Gasteiger partial charge in [0.1, 0.15) is 0 Å². The minimum Gasteiger partial charge on any atom is -0.130 e. The van der Waals surface area contributed by atoms with Crippen LogP contribution in [0.2, 0.25) is 0 Å². The molecule has 26 heavy (non-hydrogen) atoms. The van der Waals surface area contributed by atoms with Crippen LogP contribution in [0.4, 0.5) is 0 Å². The van der Waals surface area contributed by atoms with Crippen molar-refractivity contribution in [1.29, 1.82) is 0 Å². The summed E-state index contributed by atoms with van der Waals surface area (Å²) in [6.45, 7) is 2.49. The summed E-state index contributed by atoms with van der Waals surface area (Å²) in [5.41, 5.74) is 1.43. The summed E-state index contributed by atoms with van der Waals surface area (Å²) in [5.74, 6) is 6.65. The quantitative estimate of drug-likeness (QED) is 0.286. The van der Waals surface area contributed by atoms with Crippen molar-refractivity contribution in [3.8, 4) is 0 Å². The number of hydrogen-bond acceptors (Lipinski definition) is 0. The van der Waals surface area contributed by atoms with Crippen molar-refractivity contribution in [2.75, 3.05) is 0 Å². The highest BCUT2D eigenvalue weighted by Crippen LogP contribution is 2.76. The van der Waals surface area contributed by atoms with Crippen molar-refractivity contribution >= 4 is 33.2 Å². The summed E-state index contributed by atoms with van der Waals surface area (Å²) < 4.78 is 0. The second-order valence-electron chi connectivity index (χ2n) is 12.1. The number of hydrogen-bond donors (Lipinski definition) is 0. The van der Waals surface area contributed by atoms with E-state index in [1.165, 1.54) is 12.8 Å². The van der Waals surface area contributed by atoms with Gasteiger partial charge in [-0.05, 0) is 135 Å². The smallest absolute Gasteiger partial charge is 0.00373 e. The standard InChI is InChI=1S/C24H39P.HI/c1-2-3-24(25,22-10-16-4-17(11-22)6-18(5-16)12-22)23-13-19-7-20(14-23)9-21(8-19)15-23;/h16-21H,2-15,25H2,1H3;1H. The SMILES string of the molecule is CCCC(P)(C12CC3CC(CC(C3)C1)C2)C12CC3CC(CC(C3)C1)C2.I. The Kier molecular flexibility index (Phi) is 4.66. The van der Waals surface area contributed by atoms with Crippen LogP contribution < -0.4 is 0 Å². The zero-order valence-corrected chi connectivity index (χ0v) is 20.3. The third-order valence-corrected chi connectivity index (χ3v) is 12.1. The van der Waals surface area contributed by atoms with Crippen molar-refractivity contribution in [3.63, 3.8) is 0 Å². The Balaban J connectivity index is 0.00000150. The highest BCUT2D eigenvalue weighted by atomic mass is 127. The average molecular weight is 486 g/mol. The lowest BCUT2D eigenvalue weighted by Gasteiger charge is -2.72. The number of halogens is 1. The first-order valence-corrected chi connectivity index (χ1v) is 12.4. The molecule has 0 aromatic heterocycles.